The van der Waals surface area contributed by atoms with Gasteiger partial charge in [0.1, 0.15) is 0 Å². The third-order valence-corrected chi connectivity index (χ3v) is 5.49. The van der Waals surface area contributed by atoms with Crippen molar-refractivity contribution in [3.63, 3.8) is 0 Å². The molecule has 1 saturated heterocycles. The predicted octanol–water partition coefficient (Wildman–Crippen LogP) is 2.12. The highest BCUT2D eigenvalue weighted by Gasteiger charge is 2.28. The van der Waals surface area contributed by atoms with Gasteiger partial charge in [0.15, 0.2) is 0 Å². The first-order valence-electron chi connectivity index (χ1n) is 6.57. The van der Waals surface area contributed by atoms with Crippen LogP contribution in [0.25, 0.3) is 0 Å². The first-order valence-corrected chi connectivity index (χ1v) is 8.80. The Bertz CT molecular complexity index is 577. The summed E-state index contributed by atoms with van der Waals surface area (Å²) in [7, 11) is -3.56. The minimum Gasteiger partial charge on any atom is -0.396 e. The Morgan fingerprint density at radius 3 is 2.90 bits per heavy atom. The Hall–Kier alpha value is -0.630. The van der Waals surface area contributed by atoms with Gasteiger partial charge in [0.25, 0.3) is 0 Å². The second-order valence-corrected chi connectivity index (χ2v) is 7.70. The lowest BCUT2D eigenvalue weighted by atomic mass is 10.0. The van der Waals surface area contributed by atoms with Gasteiger partial charge in [0, 0.05) is 24.2 Å². The van der Waals surface area contributed by atoms with E-state index >= 15 is 0 Å². The fourth-order valence-corrected chi connectivity index (χ4v) is 4.23. The molecule has 1 aliphatic rings. The van der Waals surface area contributed by atoms with E-state index in [1.54, 1.807) is 12.1 Å². The van der Waals surface area contributed by atoms with Crippen LogP contribution in [0, 0.1) is 12.8 Å². The van der Waals surface area contributed by atoms with Gasteiger partial charge in [0.2, 0.25) is 0 Å². The maximum absolute atomic E-state index is 12.4. The van der Waals surface area contributed by atoms with E-state index in [2.05, 4.69) is 20.7 Å². The van der Waals surface area contributed by atoms with E-state index in [0.29, 0.717) is 18.8 Å². The van der Waals surface area contributed by atoms with Crippen LogP contribution in [0.2, 0.25) is 0 Å². The normalized spacial score (nSPS) is 20.9. The van der Waals surface area contributed by atoms with E-state index in [4.69, 9.17) is 0 Å². The number of nitrogens with zero attached hydrogens (tertiary/aromatic N) is 1. The molecule has 1 fully saturated rings. The smallest absolute Gasteiger partial charge is 0.301 e. The molecule has 20 heavy (non-hydrogen) atoms. The molecule has 112 valence electrons. The highest BCUT2D eigenvalue weighted by Crippen LogP contribution is 2.24. The largest absolute Gasteiger partial charge is 0.396 e. The van der Waals surface area contributed by atoms with E-state index in [-0.39, 0.29) is 12.5 Å². The number of rotatable bonds is 4. The van der Waals surface area contributed by atoms with Crippen molar-refractivity contribution in [3.8, 4) is 0 Å². The van der Waals surface area contributed by atoms with Crippen molar-refractivity contribution < 1.29 is 13.5 Å². The molecule has 1 atom stereocenters. The molecule has 1 unspecified atom stereocenters. The van der Waals surface area contributed by atoms with Crippen molar-refractivity contribution in [2.24, 2.45) is 5.92 Å². The van der Waals surface area contributed by atoms with Gasteiger partial charge in [0.05, 0.1) is 5.69 Å². The molecule has 0 aliphatic carbocycles. The van der Waals surface area contributed by atoms with Gasteiger partial charge in [-0.3, -0.25) is 4.72 Å². The van der Waals surface area contributed by atoms with E-state index in [9.17, 15) is 13.5 Å². The first-order chi connectivity index (χ1) is 9.42. The highest BCUT2D eigenvalue weighted by atomic mass is 79.9. The number of halogens is 1. The van der Waals surface area contributed by atoms with Crippen LogP contribution in [0.4, 0.5) is 5.69 Å². The number of benzene rings is 1. The summed E-state index contributed by atoms with van der Waals surface area (Å²) in [6.45, 7) is 2.77. The SMILES string of the molecule is Cc1cc(Br)ccc1NS(=O)(=O)N1CCCC(CO)C1. The van der Waals surface area contributed by atoms with Crippen molar-refractivity contribution in [1.82, 2.24) is 4.31 Å². The van der Waals surface area contributed by atoms with Gasteiger partial charge < -0.3 is 5.11 Å². The van der Waals surface area contributed by atoms with Crippen LogP contribution < -0.4 is 4.72 Å². The van der Waals surface area contributed by atoms with E-state index in [1.165, 1.54) is 4.31 Å². The lowest BCUT2D eigenvalue weighted by Crippen LogP contribution is -2.43. The number of hydrogen-bond acceptors (Lipinski definition) is 3. The molecule has 1 aliphatic heterocycles. The van der Waals surface area contributed by atoms with Crippen LogP contribution in [0.1, 0.15) is 18.4 Å². The Labute approximate surface area is 128 Å². The lowest BCUT2D eigenvalue weighted by molar-refractivity contribution is 0.166. The third-order valence-electron chi connectivity index (χ3n) is 3.51. The number of nitrogens with one attached hydrogen (secondary N) is 1. The first kappa shape index (κ1) is 15.8. The lowest BCUT2D eigenvalue weighted by Gasteiger charge is -2.31. The molecule has 1 heterocycles. The molecule has 0 bridgehead atoms. The van der Waals surface area contributed by atoms with Crippen molar-refractivity contribution >= 4 is 31.8 Å². The van der Waals surface area contributed by atoms with Gasteiger partial charge in [-0.1, -0.05) is 15.9 Å². The van der Waals surface area contributed by atoms with Gasteiger partial charge in [-0.05, 0) is 49.4 Å². The topological polar surface area (TPSA) is 69.6 Å². The second-order valence-electron chi connectivity index (χ2n) is 5.12. The summed E-state index contributed by atoms with van der Waals surface area (Å²) in [6.07, 6.45) is 1.66. The van der Waals surface area contributed by atoms with Crippen molar-refractivity contribution in [1.29, 1.82) is 0 Å². The van der Waals surface area contributed by atoms with E-state index in [1.807, 2.05) is 13.0 Å². The summed E-state index contributed by atoms with van der Waals surface area (Å²) in [4.78, 5) is 0. The molecular formula is C13H19BrN2O3S. The summed E-state index contributed by atoms with van der Waals surface area (Å²) < 4.78 is 29.7. The summed E-state index contributed by atoms with van der Waals surface area (Å²) >= 11 is 3.35. The van der Waals surface area contributed by atoms with Crippen LogP contribution in [0.15, 0.2) is 22.7 Å². The zero-order valence-corrected chi connectivity index (χ0v) is 13.7. The Balaban J connectivity index is 2.14. The molecule has 1 aromatic carbocycles. The zero-order chi connectivity index (χ0) is 14.8. The summed E-state index contributed by atoms with van der Waals surface area (Å²) in [5, 5.41) is 9.19. The minimum absolute atomic E-state index is 0.0311. The maximum atomic E-state index is 12.4. The van der Waals surface area contributed by atoms with Crippen LogP contribution in [0.5, 0.6) is 0 Å². The zero-order valence-electron chi connectivity index (χ0n) is 11.3. The average Bonchev–Trinajstić information content (AvgIpc) is 2.42. The summed E-state index contributed by atoms with van der Waals surface area (Å²) in [5.41, 5.74) is 1.44. The molecule has 7 heteroatoms. The van der Waals surface area contributed by atoms with E-state index in [0.717, 1.165) is 22.9 Å². The number of hydrogen-bond donors (Lipinski definition) is 2. The predicted molar refractivity (Wildman–Crippen MR) is 82.8 cm³/mol. The fraction of sp³-hybridized carbons (Fsp3) is 0.538. The molecule has 0 saturated carbocycles. The average molecular weight is 363 g/mol. The minimum atomic E-state index is -3.56. The molecule has 5 nitrogen and oxygen atoms in total. The Morgan fingerprint density at radius 2 is 2.25 bits per heavy atom. The van der Waals surface area contributed by atoms with Crippen LogP contribution in [-0.2, 0) is 10.2 Å². The standard InChI is InChI=1S/C13H19BrN2O3S/c1-10-7-12(14)4-5-13(10)15-20(18,19)16-6-2-3-11(8-16)9-17/h4-5,7,11,15,17H,2-3,6,8-9H2,1H3. The molecule has 0 radical (unpaired) electrons. The van der Waals surface area contributed by atoms with Crippen LogP contribution in [-0.4, -0.2) is 37.5 Å². The Morgan fingerprint density at radius 1 is 1.50 bits per heavy atom. The Kier molecular flexibility index (Phi) is 5.06. The monoisotopic (exact) mass is 362 g/mol. The highest BCUT2D eigenvalue weighted by molar-refractivity contribution is 9.10. The molecule has 0 spiro atoms. The quantitative estimate of drug-likeness (QED) is 0.861. The summed E-state index contributed by atoms with van der Waals surface area (Å²) in [5.74, 6) is 0.0336. The third kappa shape index (κ3) is 3.72. The fourth-order valence-electron chi connectivity index (χ4n) is 2.34. The molecular weight excluding hydrogens is 344 g/mol. The molecule has 2 N–H and O–H groups in total. The van der Waals surface area contributed by atoms with Crippen molar-refractivity contribution in [3.05, 3.63) is 28.2 Å². The number of aliphatic hydroxyl groups excluding tert-OH is 1. The van der Waals surface area contributed by atoms with Gasteiger partial charge >= 0.3 is 10.2 Å². The van der Waals surface area contributed by atoms with Crippen molar-refractivity contribution in [2.75, 3.05) is 24.4 Å². The van der Waals surface area contributed by atoms with Crippen LogP contribution in [0.3, 0.4) is 0 Å². The second kappa shape index (κ2) is 6.43. The summed E-state index contributed by atoms with van der Waals surface area (Å²) in [6, 6.07) is 5.41. The van der Waals surface area contributed by atoms with Crippen LogP contribution >= 0.6 is 15.9 Å². The molecule has 1 aromatic rings. The molecule has 0 aromatic heterocycles. The van der Waals surface area contributed by atoms with Gasteiger partial charge in [-0.15, -0.1) is 0 Å². The van der Waals surface area contributed by atoms with Gasteiger partial charge in [-0.25, -0.2) is 0 Å². The molecule has 2 rings (SSSR count). The number of anilines is 1. The number of aryl methyl sites for hydroxylation is 1. The number of aliphatic hydroxyl groups is 1. The van der Waals surface area contributed by atoms with E-state index < -0.39 is 10.2 Å². The van der Waals surface area contributed by atoms with Crippen molar-refractivity contribution in [2.45, 2.75) is 19.8 Å². The van der Waals surface area contributed by atoms with Gasteiger partial charge in [-0.2, -0.15) is 12.7 Å². The maximum Gasteiger partial charge on any atom is 0.301 e. The number of piperidine rings is 1. The molecule has 0 amide bonds.